The third kappa shape index (κ3) is 2.49. The maximum atomic E-state index is 14.3. The Labute approximate surface area is 127 Å². The summed E-state index contributed by atoms with van der Waals surface area (Å²) < 4.78 is 28.2. The summed E-state index contributed by atoms with van der Waals surface area (Å²) >= 11 is 4.72. The van der Waals surface area contributed by atoms with Gasteiger partial charge in [0.25, 0.3) is 0 Å². The maximum Gasteiger partial charge on any atom is 0.182 e. The summed E-state index contributed by atoms with van der Waals surface area (Å²) in [6.45, 7) is 1.22. The Hall–Kier alpha value is -2.01. The lowest BCUT2D eigenvalue weighted by atomic mass is 9.99. The van der Waals surface area contributed by atoms with Crippen molar-refractivity contribution >= 4 is 22.9 Å². The number of nitrogens with zero attached hydrogens (tertiary/aromatic N) is 1. The summed E-state index contributed by atoms with van der Waals surface area (Å²) in [5.74, 6) is -1.86. The number of halogens is 2. The van der Waals surface area contributed by atoms with Gasteiger partial charge in [0.1, 0.15) is 4.99 Å². The van der Waals surface area contributed by atoms with Gasteiger partial charge in [-0.3, -0.25) is 0 Å². The lowest BCUT2D eigenvalue weighted by molar-refractivity contribution is 0.503. The van der Waals surface area contributed by atoms with Crippen molar-refractivity contribution in [2.75, 3.05) is 11.4 Å². The molecule has 0 radical (unpaired) electrons. The van der Waals surface area contributed by atoms with Crippen LogP contribution in [-0.2, 0) is 13.0 Å². The fourth-order valence-corrected chi connectivity index (χ4v) is 2.83. The molecule has 1 aliphatic rings. The molecule has 2 N–H and O–H groups in total. The summed E-state index contributed by atoms with van der Waals surface area (Å²) in [6, 6.07) is 11.0. The quantitative estimate of drug-likeness (QED) is 0.864. The topological polar surface area (TPSA) is 29.3 Å². The van der Waals surface area contributed by atoms with E-state index < -0.39 is 11.6 Å². The first-order valence-corrected chi connectivity index (χ1v) is 7.08. The largest absolute Gasteiger partial charge is 0.389 e. The van der Waals surface area contributed by atoms with Crippen LogP contribution in [0.3, 0.4) is 0 Å². The molecule has 0 bridgehead atoms. The average Bonchev–Trinajstić information content (AvgIpc) is 2.49. The predicted molar refractivity (Wildman–Crippen MR) is 83.4 cm³/mol. The molecule has 3 rings (SSSR count). The highest BCUT2D eigenvalue weighted by molar-refractivity contribution is 7.80. The highest BCUT2D eigenvalue weighted by atomic mass is 32.1. The second-order valence-corrected chi connectivity index (χ2v) is 5.50. The number of nitrogens with two attached hydrogens (primary N) is 1. The van der Waals surface area contributed by atoms with Gasteiger partial charge in [0, 0.05) is 18.7 Å². The van der Waals surface area contributed by atoms with Gasteiger partial charge in [0.05, 0.1) is 5.69 Å². The van der Waals surface area contributed by atoms with Crippen molar-refractivity contribution in [1.82, 2.24) is 0 Å². The fourth-order valence-electron chi connectivity index (χ4n) is 2.68. The third-order valence-corrected chi connectivity index (χ3v) is 4.02. The summed E-state index contributed by atoms with van der Waals surface area (Å²) in [5, 5.41) is 0. The second kappa shape index (κ2) is 5.41. The predicted octanol–water partition coefficient (Wildman–Crippen LogP) is 3.16. The molecule has 5 heteroatoms. The van der Waals surface area contributed by atoms with Crippen LogP contribution in [0.1, 0.15) is 16.7 Å². The van der Waals surface area contributed by atoms with Gasteiger partial charge in [-0.25, -0.2) is 8.78 Å². The lowest BCUT2D eigenvalue weighted by Gasteiger charge is -2.31. The lowest BCUT2D eigenvalue weighted by Crippen LogP contribution is -2.31. The molecule has 0 fully saturated rings. The molecular weight excluding hydrogens is 290 g/mol. The molecule has 21 heavy (non-hydrogen) atoms. The van der Waals surface area contributed by atoms with Crippen molar-refractivity contribution in [3.8, 4) is 0 Å². The van der Waals surface area contributed by atoms with Gasteiger partial charge in [-0.15, -0.1) is 0 Å². The fraction of sp³-hybridized carbons (Fsp3) is 0.188. The third-order valence-electron chi connectivity index (χ3n) is 3.80. The van der Waals surface area contributed by atoms with Gasteiger partial charge in [-0.05, 0) is 29.7 Å². The Morgan fingerprint density at radius 1 is 1.05 bits per heavy atom. The van der Waals surface area contributed by atoms with E-state index in [1.54, 1.807) is 6.07 Å². The molecular formula is C16H14F2N2S. The zero-order chi connectivity index (χ0) is 15.0. The number of hydrogen-bond acceptors (Lipinski definition) is 2. The number of benzene rings is 2. The Balaban J connectivity index is 1.96. The molecule has 2 nitrogen and oxygen atoms in total. The SMILES string of the molecule is NC(=S)c1ccc(N2CCc3ccccc3C2)c(F)c1F. The number of fused-ring (bicyclic) bond motifs is 1. The standard InChI is InChI=1S/C16H14F2N2S/c17-14-12(16(19)21)5-6-13(15(14)18)20-8-7-10-3-1-2-4-11(10)9-20/h1-6H,7-9H2,(H2,19,21). The first-order chi connectivity index (χ1) is 10.1. The van der Waals surface area contributed by atoms with E-state index in [0.717, 1.165) is 12.0 Å². The summed E-state index contributed by atoms with van der Waals surface area (Å²) in [5.41, 5.74) is 7.99. The minimum absolute atomic E-state index is 0.0522. The minimum atomic E-state index is -0.973. The summed E-state index contributed by atoms with van der Waals surface area (Å²) in [6.07, 6.45) is 0.814. The van der Waals surface area contributed by atoms with Crippen LogP contribution in [0.2, 0.25) is 0 Å². The molecule has 0 spiro atoms. The molecule has 0 saturated heterocycles. The number of hydrogen-bond donors (Lipinski definition) is 1. The van der Waals surface area contributed by atoms with Crippen LogP contribution >= 0.6 is 12.2 Å². The highest BCUT2D eigenvalue weighted by Gasteiger charge is 2.22. The van der Waals surface area contributed by atoms with E-state index in [2.05, 4.69) is 6.07 Å². The zero-order valence-electron chi connectivity index (χ0n) is 11.3. The van der Waals surface area contributed by atoms with E-state index in [1.165, 1.54) is 11.6 Å². The molecule has 108 valence electrons. The van der Waals surface area contributed by atoms with Crippen molar-refractivity contribution in [3.05, 3.63) is 64.7 Å². The molecule has 0 atom stereocenters. The number of thiocarbonyl (C=S) groups is 1. The van der Waals surface area contributed by atoms with Gasteiger partial charge in [-0.1, -0.05) is 36.5 Å². The van der Waals surface area contributed by atoms with Crippen molar-refractivity contribution in [1.29, 1.82) is 0 Å². The molecule has 1 heterocycles. The number of rotatable bonds is 2. The molecule has 0 unspecified atom stereocenters. The van der Waals surface area contributed by atoms with Crippen LogP contribution in [0.5, 0.6) is 0 Å². The smallest absolute Gasteiger partial charge is 0.182 e. The Morgan fingerprint density at radius 2 is 1.76 bits per heavy atom. The van der Waals surface area contributed by atoms with Gasteiger partial charge in [-0.2, -0.15) is 0 Å². The van der Waals surface area contributed by atoms with Crippen LogP contribution < -0.4 is 10.6 Å². The second-order valence-electron chi connectivity index (χ2n) is 5.06. The van der Waals surface area contributed by atoms with Gasteiger partial charge < -0.3 is 10.6 Å². The maximum absolute atomic E-state index is 14.3. The van der Waals surface area contributed by atoms with Crippen molar-refractivity contribution in [2.45, 2.75) is 13.0 Å². The summed E-state index contributed by atoms with van der Waals surface area (Å²) in [7, 11) is 0. The van der Waals surface area contributed by atoms with E-state index in [9.17, 15) is 8.78 Å². The van der Waals surface area contributed by atoms with E-state index in [4.69, 9.17) is 18.0 Å². The van der Waals surface area contributed by atoms with Gasteiger partial charge >= 0.3 is 0 Å². The number of anilines is 1. The van der Waals surface area contributed by atoms with E-state index in [0.29, 0.717) is 13.1 Å². The molecule has 2 aromatic rings. The van der Waals surface area contributed by atoms with Crippen LogP contribution in [0, 0.1) is 11.6 Å². The van der Waals surface area contributed by atoms with Crippen molar-refractivity contribution < 1.29 is 8.78 Å². The molecule has 0 aliphatic carbocycles. The monoisotopic (exact) mass is 304 g/mol. The van der Waals surface area contributed by atoms with E-state index in [-0.39, 0.29) is 16.2 Å². The van der Waals surface area contributed by atoms with Crippen LogP contribution in [-0.4, -0.2) is 11.5 Å². The van der Waals surface area contributed by atoms with Crippen molar-refractivity contribution in [3.63, 3.8) is 0 Å². The normalized spacial score (nSPS) is 13.9. The van der Waals surface area contributed by atoms with Gasteiger partial charge in [0.2, 0.25) is 0 Å². The minimum Gasteiger partial charge on any atom is -0.389 e. The summed E-state index contributed by atoms with van der Waals surface area (Å²) in [4.78, 5) is 1.70. The highest BCUT2D eigenvalue weighted by Crippen LogP contribution is 2.29. The Kier molecular flexibility index (Phi) is 3.59. The zero-order valence-corrected chi connectivity index (χ0v) is 12.1. The first-order valence-electron chi connectivity index (χ1n) is 6.67. The molecule has 2 aromatic carbocycles. The van der Waals surface area contributed by atoms with E-state index >= 15 is 0 Å². The average molecular weight is 304 g/mol. The van der Waals surface area contributed by atoms with Crippen molar-refractivity contribution in [2.24, 2.45) is 5.73 Å². The molecule has 0 aromatic heterocycles. The van der Waals surface area contributed by atoms with Crippen LogP contribution in [0.4, 0.5) is 14.5 Å². The first kappa shape index (κ1) is 13.9. The van der Waals surface area contributed by atoms with Crippen LogP contribution in [0.15, 0.2) is 36.4 Å². The molecule has 0 saturated carbocycles. The molecule has 1 aliphatic heterocycles. The van der Waals surface area contributed by atoms with Gasteiger partial charge in [0.15, 0.2) is 11.6 Å². The van der Waals surface area contributed by atoms with Crippen LogP contribution in [0.25, 0.3) is 0 Å². The Morgan fingerprint density at radius 3 is 2.48 bits per heavy atom. The van der Waals surface area contributed by atoms with E-state index in [1.807, 2.05) is 23.1 Å². The Bertz CT molecular complexity index is 715. The molecule has 0 amide bonds.